The van der Waals surface area contributed by atoms with Crippen LogP contribution in [0.4, 0.5) is 0 Å². The van der Waals surface area contributed by atoms with Crippen LogP contribution in [0, 0.1) is 0 Å². The van der Waals surface area contributed by atoms with Crippen LogP contribution in [0.2, 0.25) is 0 Å². The molecule has 4 aromatic carbocycles. The van der Waals surface area contributed by atoms with E-state index in [0.717, 1.165) is 35.1 Å². The van der Waals surface area contributed by atoms with Gasteiger partial charge < -0.3 is 28.4 Å². The smallest absolute Gasteiger partial charge is 0.187 e. The predicted molar refractivity (Wildman–Crippen MR) is 178 cm³/mol. The molecule has 0 radical (unpaired) electrons. The second-order valence-corrected chi connectivity index (χ2v) is 12.2. The molecule has 1 saturated heterocycles. The summed E-state index contributed by atoms with van der Waals surface area (Å²) >= 11 is 0. The van der Waals surface area contributed by atoms with Gasteiger partial charge in [0.1, 0.15) is 24.4 Å². The normalized spacial score (nSPS) is 22.5. The molecule has 0 bridgehead atoms. The van der Waals surface area contributed by atoms with Crippen molar-refractivity contribution < 1.29 is 28.4 Å². The van der Waals surface area contributed by atoms with E-state index in [9.17, 15) is 0 Å². The fourth-order valence-corrected chi connectivity index (χ4v) is 6.23. The molecule has 1 heterocycles. The molecular weight excluding hydrogens is 576 g/mol. The molecule has 1 aliphatic heterocycles. The molecule has 242 valence electrons. The third-order valence-corrected chi connectivity index (χ3v) is 8.72. The van der Waals surface area contributed by atoms with Gasteiger partial charge in [0.15, 0.2) is 6.29 Å². The molecule has 0 spiro atoms. The average Bonchev–Trinajstić information content (AvgIpc) is 3.46. The number of hydrogen-bond donors (Lipinski definition) is 0. The van der Waals surface area contributed by atoms with Gasteiger partial charge in [-0.25, -0.2) is 0 Å². The molecule has 1 unspecified atom stereocenters. The summed E-state index contributed by atoms with van der Waals surface area (Å²) in [6.07, 6.45) is 3.39. The first kappa shape index (κ1) is 32.6. The van der Waals surface area contributed by atoms with Gasteiger partial charge in [0.2, 0.25) is 0 Å². The molecule has 0 aromatic heterocycles. The first-order chi connectivity index (χ1) is 22.8. The largest absolute Gasteiger partial charge is 0.374 e. The maximum atomic E-state index is 6.84. The van der Waals surface area contributed by atoms with Crippen LogP contribution in [-0.4, -0.2) is 43.4 Å². The molecule has 2 aliphatic rings. The molecule has 0 N–H and O–H groups in total. The summed E-state index contributed by atoms with van der Waals surface area (Å²) in [4.78, 5) is 0. The van der Waals surface area contributed by atoms with Crippen molar-refractivity contribution in [2.24, 2.45) is 0 Å². The van der Waals surface area contributed by atoms with Crippen LogP contribution in [0.5, 0.6) is 0 Å². The van der Waals surface area contributed by atoms with Gasteiger partial charge in [-0.05, 0) is 35.1 Å². The van der Waals surface area contributed by atoms with Gasteiger partial charge in [0, 0.05) is 0 Å². The third-order valence-electron chi connectivity index (χ3n) is 8.72. The number of hydrogen-bond acceptors (Lipinski definition) is 6. The molecular formula is C40H46O6. The second kappa shape index (κ2) is 17.5. The Morgan fingerprint density at radius 1 is 0.543 bits per heavy atom. The van der Waals surface area contributed by atoms with Crippen LogP contribution in [0.15, 0.2) is 121 Å². The van der Waals surface area contributed by atoms with Crippen molar-refractivity contribution in [3.63, 3.8) is 0 Å². The van der Waals surface area contributed by atoms with E-state index in [1.807, 2.05) is 72.8 Å². The number of rotatable bonds is 16. The van der Waals surface area contributed by atoms with Crippen LogP contribution < -0.4 is 0 Å². The lowest BCUT2D eigenvalue weighted by Gasteiger charge is -2.29. The molecule has 46 heavy (non-hydrogen) atoms. The Labute approximate surface area is 273 Å². The Morgan fingerprint density at radius 3 is 1.57 bits per heavy atom. The van der Waals surface area contributed by atoms with Crippen LogP contribution in [0.3, 0.4) is 0 Å². The Bertz CT molecular complexity index is 1380. The zero-order valence-corrected chi connectivity index (χ0v) is 26.5. The lowest BCUT2D eigenvalue weighted by Crippen LogP contribution is -2.45. The fraction of sp³-hybridized carbons (Fsp3) is 0.400. The first-order valence-corrected chi connectivity index (χ1v) is 16.7. The molecule has 1 saturated carbocycles. The van der Waals surface area contributed by atoms with Gasteiger partial charge in [-0.15, -0.1) is 0 Å². The van der Waals surface area contributed by atoms with Gasteiger partial charge >= 0.3 is 0 Å². The van der Waals surface area contributed by atoms with Crippen molar-refractivity contribution in [3.8, 4) is 0 Å². The highest BCUT2D eigenvalue weighted by Gasteiger charge is 2.51. The van der Waals surface area contributed by atoms with Crippen molar-refractivity contribution in [2.75, 3.05) is 6.61 Å². The predicted octanol–water partition coefficient (Wildman–Crippen LogP) is 8.03. The molecule has 6 nitrogen and oxygen atoms in total. The lowest BCUT2D eigenvalue weighted by atomic mass is 9.97. The standard InChI is InChI=1S/C40H46O6/c1-6-16-31(17-7-1)26-41-30-36(42-27-32-18-8-2-9-19-32)37-38(43-28-33-20-10-3-11-21-33)39(44-29-34-22-12-4-13-23-34)40(46-37)45-35-24-14-5-15-25-35/h1-4,6-13,16-23,35-40H,5,14-15,24-30H2/t36-,37+,38+,39-,40?/m1/s1. The van der Waals surface area contributed by atoms with Crippen LogP contribution >= 0.6 is 0 Å². The topological polar surface area (TPSA) is 55.4 Å². The van der Waals surface area contributed by atoms with E-state index in [2.05, 4.69) is 48.5 Å². The minimum absolute atomic E-state index is 0.133. The van der Waals surface area contributed by atoms with E-state index in [0.29, 0.717) is 33.0 Å². The van der Waals surface area contributed by atoms with Gasteiger partial charge in [-0.2, -0.15) is 0 Å². The van der Waals surface area contributed by atoms with Gasteiger partial charge in [0.05, 0.1) is 39.1 Å². The Morgan fingerprint density at radius 2 is 1.02 bits per heavy atom. The molecule has 6 heteroatoms. The van der Waals surface area contributed by atoms with E-state index in [-0.39, 0.29) is 6.10 Å². The Hall–Kier alpha value is -3.36. The van der Waals surface area contributed by atoms with E-state index >= 15 is 0 Å². The van der Waals surface area contributed by atoms with Gasteiger partial charge in [-0.1, -0.05) is 141 Å². The SMILES string of the molecule is c1ccc(COC[C@@H](OCc2ccccc2)[C@@H]2OC(OC3CCCCC3)[C@H](OCc3ccccc3)[C@H]2OCc2ccccc2)cc1. The summed E-state index contributed by atoms with van der Waals surface area (Å²) in [6.45, 7) is 2.08. The minimum Gasteiger partial charge on any atom is -0.374 e. The maximum absolute atomic E-state index is 6.84. The summed E-state index contributed by atoms with van der Waals surface area (Å²) in [5, 5.41) is 0. The summed E-state index contributed by atoms with van der Waals surface area (Å²) < 4.78 is 40.0. The van der Waals surface area contributed by atoms with E-state index in [1.54, 1.807) is 0 Å². The van der Waals surface area contributed by atoms with Gasteiger partial charge in [-0.3, -0.25) is 0 Å². The molecule has 5 atom stereocenters. The van der Waals surface area contributed by atoms with Crippen molar-refractivity contribution in [1.29, 1.82) is 0 Å². The minimum atomic E-state index is -0.588. The zero-order chi connectivity index (χ0) is 31.2. The third kappa shape index (κ3) is 9.58. The van der Waals surface area contributed by atoms with E-state index < -0.39 is 30.7 Å². The van der Waals surface area contributed by atoms with Crippen molar-refractivity contribution in [1.82, 2.24) is 0 Å². The Kier molecular flexibility index (Phi) is 12.4. The number of ether oxygens (including phenoxy) is 6. The van der Waals surface area contributed by atoms with Gasteiger partial charge in [0.25, 0.3) is 0 Å². The summed E-state index contributed by atoms with van der Waals surface area (Å²) in [5.74, 6) is 0. The molecule has 6 rings (SSSR count). The van der Waals surface area contributed by atoms with E-state index in [4.69, 9.17) is 28.4 Å². The monoisotopic (exact) mass is 622 g/mol. The molecule has 2 fully saturated rings. The van der Waals surface area contributed by atoms with Crippen molar-refractivity contribution in [2.45, 2.75) is 95.3 Å². The van der Waals surface area contributed by atoms with Crippen LogP contribution in [0.25, 0.3) is 0 Å². The highest BCUT2D eigenvalue weighted by atomic mass is 16.7. The Balaban J connectivity index is 1.26. The van der Waals surface area contributed by atoms with E-state index in [1.165, 1.54) is 19.3 Å². The zero-order valence-electron chi connectivity index (χ0n) is 26.5. The first-order valence-electron chi connectivity index (χ1n) is 16.7. The molecule has 1 aliphatic carbocycles. The summed E-state index contributed by atoms with van der Waals surface area (Å²) in [6, 6.07) is 40.9. The quantitative estimate of drug-likeness (QED) is 0.126. The van der Waals surface area contributed by atoms with Crippen molar-refractivity contribution >= 4 is 0 Å². The number of benzene rings is 4. The average molecular weight is 623 g/mol. The van der Waals surface area contributed by atoms with Crippen molar-refractivity contribution in [3.05, 3.63) is 144 Å². The molecule has 4 aromatic rings. The van der Waals surface area contributed by atoms with Crippen LogP contribution in [-0.2, 0) is 54.8 Å². The highest BCUT2D eigenvalue weighted by Crippen LogP contribution is 2.35. The fourth-order valence-electron chi connectivity index (χ4n) is 6.23. The second-order valence-electron chi connectivity index (χ2n) is 12.2. The molecule has 0 amide bonds. The highest BCUT2D eigenvalue weighted by molar-refractivity contribution is 5.16. The van der Waals surface area contributed by atoms with Crippen LogP contribution in [0.1, 0.15) is 54.4 Å². The summed E-state index contributed by atoms with van der Waals surface area (Å²) in [7, 11) is 0. The maximum Gasteiger partial charge on any atom is 0.187 e. The lowest BCUT2D eigenvalue weighted by molar-refractivity contribution is -0.220. The summed E-state index contributed by atoms with van der Waals surface area (Å²) in [5.41, 5.74) is 4.37.